The van der Waals surface area contributed by atoms with Gasteiger partial charge in [-0.3, -0.25) is 29.8 Å². The smallest absolute Gasteiger partial charge is 0.291 e. The highest BCUT2D eigenvalue weighted by Gasteiger charge is 2.20. The van der Waals surface area contributed by atoms with Gasteiger partial charge in [-0.2, -0.15) is 0 Å². The van der Waals surface area contributed by atoms with Gasteiger partial charge in [-0.05, 0) is 30.3 Å². The number of hydrogen-bond acceptors (Lipinski definition) is 7. The van der Waals surface area contributed by atoms with Gasteiger partial charge in [0.05, 0.1) is 27.7 Å². The first kappa shape index (κ1) is 19.2. The van der Waals surface area contributed by atoms with E-state index in [0.717, 1.165) is 18.2 Å². The van der Waals surface area contributed by atoms with E-state index in [2.05, 4.69) is 10.6 Å². The monoisotopic (exact) mass is 396 g/mol. The van der Waals surface area contributed by atoms with Gasteiger partial charge in [0.2, 0.25) is 0 Å². The van der Waals surface area contributed by atoms with Crippen molar-refractivity contribution in [2.45, 2.75) is 0 Å². The molecule has 0 saturated heterocycles. The molecule has 1 heterocycles. The lowest BCUT2D eigenvalue weighted by atomic mass is 10.1. The molecule has 146 valence electrons. The number of amides is 2. The van der Waals surface area contributed by atoms with Crippen molar-refractivity contribution in [3.05, 3.63) is 92.4 Å². The molecular weight excluding hydrogens is 384 g/mol. The third-order valence-corrected chi connectivity index (χ3v) is 3.71. The second-order valence-electron chi connectivity index (χ2n) is 5.72. The average Bonchev–Trinajstić information content (AvgIpc) is 3.22. The molecule has 0 radical (unpaired) electrons. The molecule has 0 bridgehead atoms. The summed E-state index contributed by atoms with van der Waals surface area (Å²) < 4.78 is 4.99. The summed E-state index contributed by atoms with van der Waals surface area (Å²) in [5, 5.41) is 27.0. The van der Waals surface area contributed by atoms with Crippen LogP contribution in [0.15, 0.2) is 65.3 Å². The Morgan fingerprint density at radius 2 is 1.38 bits per heavy atom. The van der Waals surface area contributed by atoms with Gasteiger partial charge in [-0.1, -0.05) is 6.07 Å². The Kier molecular flexibility index (Phi) is 5.30. The first-order chi connectivity index (χ1) is 13.8. The Morgan fingerprint density at radius 3 is 1.90 bits per heavy atom. The molecule has 11 nitrogen and oxygen atoms in total. The molecule has 1 aromatic heterocycles. The number of hydrogen-bond donors (Lipinski definition) is 2. The summed E-state index contributed by atoms with van der Waals surface area (Å²) in [6.07, 6.45) is 1.35. The lowest BCUT2D eigenvalue weighted by Crippen LogP contribution is -2.14. The summed E-state index contributed by atoms with van der Waals surface area (Å²) in [5.74, 6) is -1.18. The van der Waals surface area contributed by atoms with E-state index in [4.69, 9.17) is 4.42 Å². The Hall–Kier alpha value is -4.54. The van der Waals surface area contributed by atoms with Crippen LogP contribution in [0.25, 0.3) is 0 Å². The van der Waals surface area contributed by atoms with Gasteiger partial charge in [0.25, 0.3) is 23.2 Å². The number of non-ortho nitro benzene ring substituents is 2. The SMILES string of the molecule is O=C(Nc1cccc(NC(=O)c2ccco2)c1)c1cc([N+](=O)[O-])cc([N+](=O)[O-])c1. The van der Waals surface area contributed by atoms with Gasteiger partial charge in [0.1, 0.15) is 0 Å². The number of carbonyl (C=O) groups excluding carboxylic acids is 2. The molecular formula is C18H12N4O7. The standard InChI is InChI=1S/C18H12N4O7/c23-17(11-7-14(21(25)26)10-15(8-11)22(27)28)19-12-3-1-4-13(9-12)20-18(24)16-5-2-6-29-16/h1-10H,(H,19,23)(H,20,24). The van der Waals surface area contributed by atoms with Crippen molar-refractivity contribution in [1.29, 1.82) is 0 Å². The van der Waals surface area contributed by atoms with E-state index in [1.165, 1.54) is 24.5 Å². The molecule has 3 aromatic rings. The fourth-order valence-electron chi connectivity index (χ4n) is 2.42. The van der Waals surface area contributed by atoms with Crippen LogP contribution >= 0.6 is 0 Å². The van der Waals surface area contributed by atoms with E-state index in [1.807, 2.05) is 0 Å². The van der Waals surface area contributed by atoms with Gasteiger partial charge in [0.15, 0.2) is 5.76 Å². The lowest BCUT2D eigenvalue weighted by Gasteiger charge is -2.08. The molecule has 0 atom stereocenters. The number of nitro groups is 2. The maximum atomic E-state index is 12.4. The number of nitro benzene ring substituents is 2. The molecule has 2 N–H and O–H groups in total. The van der Waals surface area contributed by atoms with E-state index >= 15 is 0 Å². The molecule has 0 fully saturated rings. The van der Waals surface area contributed by atoms with Crippen molar-refractivity contribution < 1.29 is 23.9 Å². The van der Waals surface area contributed by atoms with Crippen molar-refractivity contribution in [3.63, 3.8) is 0 Å². The molecule has 2 aromatic carbocycles. The Morgan fingerprint density at radius 1 is 0.793 bits per heavy atom. The van der Waals surface area contributed by atoms with Crippen LogP contribution < -0.4 is 10.6 Å². The summed E-state index contributed by atoms with van der Waals surface area (Å²) in [6.45, 7) is 0. The maximum absolute atomic E-state index is 12.4. The molecule has 11 heteroatoms. The fraction of sp³-hybridized carbons (Fsp3) is 0. The quantitative estimate of drug-likeness (QED) is 0.476. The van der Waals surface area contributed by atoms with Crippen LogP contribution in [0.1, 0.15) is 20.9 Å². The van der Waals surface area contributed by atoms with Gasteiger partial charge < -0.3 is 15.1 Å². The predicted molar refractivity (Wildman–Crippen MR) is 101 cm³/mol. The van der Waals surface area contributed by atoms with Crippen molar-refractivity contribution in [2.24, 2.45) is 0 Å². The van der Waals surface area contributed by atoms with Gasteiger partial charge in [-0.15, -0.1) is 0 Å². The van der Waals surface area contributed by atoms with Crippen LogP contribution in [-0.2, 0) is 0 Å². The Bertz CT molecular complexity index is 1080. The van der Waals surface area contributed by atoms with Crippen LogP contribution in [0, 0.1) is 20.2 Å². The minimum atomic E-state index is -0.825. The number of benzene rings is 2. The number of anilines is 2. The number of carbonyl (C=O) groups is 2. The maximum Gasteiger partial charge on any atom is 0.291 e. The van der Waals surface area contributed by atoms with E-state index in [1.54, 1.807) is 18.2 Å². The van der Waals surface area contributed by atoms with Crippen LogP contribution in [0.5, 0.6) is 0 Å². The van der Waals surface area contributed by atoms with Gasteiger partial charge in [-0.25, -0.2) is 0 Å². The zero-order valence-corrected chi connectivity index (χ0v) is 14.5. The van der Waals surface area contributed by atoms with E-state index in [0.29, 0.717) is 5.69 Å². The number of furan rings is 1. The third kappa shape index (κ3) is 4.60. The van der Waals surface area contributed by atoms with Crippen molar-refractivity contribution in [2.75, 3.05) is 10.6 Å². The number of rotatable bonds is 6. The van der Waals surface area contributed by atoms with E-state index in [-0.39, 0.29) is 17.0 Å². The highest BCUT2D eigenvalue weighted by atomic mass is 16.6. The minimum absolute atomic E-state index is 0.100. The average molecular weight is 396 g/mol. The molecule has 0 aliphatic carbocycles. The third-order valence-electron chi connectivity index (χ3n) is 3.71. The van der Waals surface area contributed by atoms with Gasteiger partial charge >= 0.3 is 0 Å². The Balaban J connectivity index is 1.80. The molecule has 29 heavy (non-hydrogen) atoms. The molecule has 3 rings (SSSR count). The minimum Gasteiger partial charge on any atom is -0.459 e. The second-order valence-corrected chi connectivity index (χ2v) is 5.72. The molecule has 2 amide bonds. The summed E-state index contributed by atoms with van der Waals surface area (Å²) in [5.41, 5.74) is -0.792. The van der Waals surface area contributed by atoms with Crippen molar-refractivity contribution >= 4 is 34.6 Å². The number of nitrogens with zero attached hydrogens (tertiary/aromatic N) is 2. The fourth-order valence-corrected chi connectivity index (χ4v) is 2.42. The molecule has 0 aliphatic heterocycles. The summed E-state index contributed by atoms with van der Waals surface area (Å²) in [4.78, 5) is 44.7. The van der Waals surface area contributed by atoms with Crippen molar-refractivity contribution in [3.8, 4) is 0 Å². The largest absolute Gasteiger partial charge is 0.459 e. The molecule has 0 aliphatic rings. The zero-order chi connectivity index (χ0) is 21.0. The predicted octanol–water partition coefficient (Wildman–Crippen LogP) is 3.60. The lowest BCUT2D eigenvalue weighted by molar-refractivity contribution is -0.394. The van der Waals surface area contributed by atoms with Crippen LogP contribution in [0.3, 0.4) is 0 Å². The molecule has 0 unspecified atom stereocenters. The van der Waals surface area contributed by atoms with Crippen LogP contribution in [0.2, 0.25) is 0 Å². The van der Waals surface area contributed by atoms with Crippen LogP contribution in [-0.4, -0.2) is 21.7 Å². The van der Waals surface area contributed by atoms with E-state index in [9.17, 15) is 29.8 Å². The first-order valence-electron chi connectivity index (χ1n) is 8.03. The van der Waals surface area contributed by atoms with E-state index < -0.39 is 33.0 Å². The topological polar surface area (TPSA) is 158 Å². The highest BCUT2D eigenvalue weighted by molar-refractivity contribution is 6.06. The first-order valence-corrected chi connectivity index (χ1v) is 8.03. The summed E-state index contributed by atoms with van der Waals surface area (Å²) in [6, 6.07) is 11.8. The highest BCUT2D eigenvalue weighted by Crippen LogP contribution is 2.24. The van der Waals surface area contributed by atoms with Crippen LogP contribution in [0.4, 0.5) is 22.7 Å². The van der Waals surface area contributed by atoms with Gasteiger partial charge in [0, 0.05) is 23.5 Å². The molecule has 0 saturated carbocycles. The molecule has 0 spiro atoms. The summed E-state index contributed by atoms with van der Waals surface area (Å²) in [7, 11) is 0. The second kappa shape index (κ2) is 8.00. The normalized spacial score (nSPS) is 10.2. The zero-order valence-electron chi connectivity index (χ0n) is 14.5. The Labute approximate surface area is 162 Å². The van der Waals surface area contributed by atoms with Crippen molar-refractivity contribution in [1.82, 2.24) is 0 Å². The summed E-state index contributed by atoms with van der Waals surface area (Å²) >= 11 is 0. The number of nitrogens with one attached hydrogen (secondary N) is 2.